The monoisotopic (exact) mass is 313 g/mol. The van der Waals surface area contributed by atoms with Crippen molar-refractivity contribution in [2.45, 2.75) is 32.2 Å². The topological polar surface area (TPSA) is 30.5 Å². The van der Waals surface area contributed by atoms with E-state index in [1.54, 1.807) is 14.2 Å². The van der Waals surface area contributed by atoms with Crippen LogP contribution in [0.4, 0.5) is 0 Å². The molecule has 0 saturated carbocycles. The highest BCUT2D eigenvalue weighted by molar-refractivity contribution is 5.32. The standard InChI is InChI=1S/C20H27NO2/c1-4-5-14-21-20(17-8-12-19(23-3)13-9-17)15-16-6-10-18(22-2)11-7-16/h6-13,20-21H,4-5,14-15H2,1-3H3/t20-/m0/s1. The molecule has 0 aliphatic heterocycles. The second kappa shape index (κ2) is 9.21. The van der Waals surface area contributed by atoms with E-state index in [-0.39, 0.29) is 0 Å². The van der Waals surface area contributed by atoms with E-state index < -0.39 is 0 Å². The number of ether oxygens (including phenoxy) is 2. The van der Waals surface area contributed by atoms with Gasteiger partial charge in [-0.15, -0.1) is 0 Å². The number of benzene rings is 2. The van der Waals surface area contributed by atoms with Crippen molar-refractivity contribution in [3.63, 3.8) is 0 Å². The molecular formula is C20H27NO2. The lowest BCUT2D eigenvalue weighted by Crippen LogP contribution is -2.24. The van der Waals surface area contributed by atoms with Gasteiger partial charge in [0.25, 0.3) is 0 Å². The van der Waals surface area contributed by atoms with Crippen LogP contribution in [0.1, 0.15) is 36.9 Å². The van der Waals surface area contributed by atoms with Gasteiger partial charge in [0, 0.05) is 6.04 Å². The maximum absolute atomic E-state index is 5.26. The first-order valence-electron chi connectivity index (χ1n) is 8.27. The third-order valence-corrected chi connectivity index (χ3v) is 4.04. The average molecular weight is 313 g/mol. The minimum atomic E-state index is 0.306. The van der Waals surface area contributed by atoms with Crippen molar-refractivity contribution >= 4 is 0 Å². The van der Waals surface area contributed by atoms with Crippen LogP contribution in [0.25, 0.3) is 0 Å². The van der Waals surface area contributed by atoms with Crippen LogP contribution in [-0.2, 0) is 6.42 Å². The summed E-state index contributed by atoms with van der Waals surface area (Å²) in [7, 11) is 3.39. The Morgan fingerprint density at radius 3 is 1.96 bits per heavy atom. The predicted octanol–water partition coefficient (Wildman–Crippen LogP) is 4.38. The molecule has 0 bridgehead atoms. The summed E-state index contributed by atoms with van der Waals surface area (Å²) in [6, 6.07) is 17.0. The van der Waals surface area contributed by atoms with Gasteiger partial charge in [0.1, 0.15) is 11.5 Å². The van der Waals surface area contributed by atoms with Crippen molar-refractivity contribution in [2.24, 2.45) is 0 Å². The number of unbranched alkanes of at least 4 members (excludes halogenated alkanes) is 1. The van der Waals surface area contributed by atoms with Gasteiger partial charge in [0.2, 0.25) is 0 Å². The van der Waals surface area contributed by atoms with E-state index >= 15 is 0 Å². The van der Waals surface area contributed by atoms with Crippen molar-refractivity contribution in [3.05, 3.63) is 59.7 Å². The highest BCUT2D eigenvalue weighted by Gasteiger charge is 2.12. The lowest BCUT2D eigenvalue weighted by Gasteiger charge is -2.20. The summed E-state index contributed by atoms with van der Waals surface area (Å²) in [4.78, 5) is 0. The first kappa shape index (κ1) is 17.4. The van der Waals surface area contributed by atoms with Gasteiger partial charge in [-0.1, -0.05) is 37.6 Å². The van der Waals surface area contributed by atoms with Gasteiger partial charge in [0.05, 0.1) is 14.2 Å². The fraction of sp³-hybridized carbons (Fsp3) is 0.400. The summed E-state index contributed by atoms with van der Waals surface area (Å²) in [5, 5.41) is 3.68. The quantitative estimate of drug-likeness (QED) is 0.697. The maximum atomic E-state index is 5.26. The van der Waals surface area contributed by atoms with Crippen LogP contribution in [0.15, 0.2) is 48.5 Å². The third kappa shape index (κ3) is 5.29. The van der Waals surface area contributed by atoms with Crippen LogP contribution in [0.3, 0.4) is 0 Å². The van der Waals surface area contributed by atoms with Crippen molar-refractivity contribution in [2.75, 3.05) is 20.8 Å². The van der Waals surface area contributed by atoms with E-state index in [0.717, 1.165) is 24.5 Å². The normalized spacial score (nSPS) is 12.0. The zero-order valence-electron chi connectivity index (χ0n) is 14.3. The molecule has 0 spiro atoms. The molecule has 3 heteroatoms. The minimum absolute atomic E-state index is 0.306. The van der Waals surface area contributed by atoms with Gasteiger partial charge in [-0.25, -0.2) is 0 Å². The molecule has 0 amide bonds. The van der Waals surface area contributed by atoms with Crippen molar-refractivity contribution in [1.82, 2.24) is 5.32 Å². The van der Waals surface area contributed by atoms with Crippen LogP contribution in [-0.4, -0.2) is 20.8 Å². The number of nitrogens with one attached hydrogen (secondary N) is 1. The molecule has 1 N–H and O–H groups in total. The molecule has 1 atom stereocenters. The van der Waals surface area contributed by atoms with Crippen LogP contribution in [0.5, 0.6) is 11.5 Å². The molecule has 23 heavy (non-hydrogen) atoms. The minimum Gasteiger partial charge on any atom is -0.497 e. The lowest BCUT2D eigenvalue weighted by atomic mass is 9.98. The Morgan fingerprint density at radius 2 is 1.43 bits per heavy atom. The molecule has 2 aromatic rings. The van der Waals surface area contributed by atoms with Crippen molar-refractivity contribution in [1.29, 1.82) is 0 Å². The molecule has 0 aliphatic carbocycles. The van der Waals surface area contributed by atoms with Gasteiger partial charge in [0.15, 0.2) is 0 Å². The molecule has 0 aromatic heterocycles. The van der Waals surface area contributed by atoms with Gasteiger partial charge >= 0.3 is 0 Å². The number of rotatable bonds is 9. The van der Waals surface area contributed by atoms with Crippen LogP contribution in [0, 0.1) is 0 Å². The lowest BCUT2D eigenvalue weighted by molar-refractivity contribution is 0.413. The number of hydrogen-bond acceptors (Lipinski definition) is 3. The molecule has 0 heterocycles. The van der Waals surface area contributed by atoms with Gasteiger partial charge in [-0.2, -0.15) is 0 Å². The predicted molar refractivity (Wildman–Crippen MR) is 95.3 cm³/mol. The zero-order valence-corrected chi connectivity index (χ0v) is 14.3. The summed E-state index contributed by atoms with van der Waals surface area (Å²) in [5.74, 6) is 1.79. The first-order valence-corrected chi connectivity index (χ1v) is 8.27. The Bertz CT molecular complexity index is 563. The second-order valence-corrected chi connectivity index (χ2v) is 5.69. The Kier molecular flexibility index (Phi) is 6.95. The molecule has 0 radical (unpaired) electrons. The molecule has 0 fully saturated rings. The summed E-state index contributed by atoms with van der Waals surface area (Å²) >= 11 is 0. The molecule has 3 nitrogen and oxygen atoms in total. The Balaban J connectivity index is 2.11. The maximum Gasteiger partial charge on any atom is 0.118 e. The van der Waals surface area contributed by atoms with Crippen molar-refractivity contribution in [3.8, 4) is 11.5 Å². The Morgan fingerprint density at radius 1 is 0.870 bits per heavy atom. The van der Waals surface area contributed by atoms with E-state index in [9.17, 15) is 0 Å². The third-order valence-electron chi connectivity index (χ3n) is 4.04. The largest absolute Gasteiger partial charge is 0.497 e. The Hall–Kier alpha value is -2.00. The molecule has 124 valence electrons. The molecular weight excluding hydrogens is 286 g/mol. The SMILES string of the molecule is CCCCN[C@@H](Cc1ccc(OC)cc1)c1ccc(OC)cc1. The summed E-state index contributed by atoms with van der Waals surface area (Å²) in [5.41, 5.74) is 2.59. The van der Waals surface area contributed by atoms with E-state index in [2.05, 4.69) is 36.5 Å². The highest BCUT2D eigenvalue weighted by atomic mass is 16.5. The molecule has 0 unspecified atom stereocenters. The number of hydrogen-bond donors (Lipinski definition) is 1. The Labute approximate surface area is 139 Å². The second-order valence-electron chi connectivity index (χ2n) is 5.69. The molecule has 2 rings (SSSR count). The summed E-state index contributed by atoms with van der Waals surface area (Å²) in [6.07, 6.45) is 3.35. The molecule has 0 saturated heterocycles. The highest BCUT2D eigenvalue weighted by Crippen LogP contribution is 2.22. The van der Waals surface area contributed by atoms with Gasteiger partial charge in [-0.3, -0.25) is 0 Å². The van der Waals surface area contributed by atoms with E-state index in [0.29, 0.717) is 6.04 Å². The fourth-order valence-electron chi connectivity index (χ4n) is 2.59. The van der Waals surface area contributed by atoms with Gasteiger partial charge < -0.3 is 14.8 Å². The number of methoxy groups -OCH3 is 2. The van der Waals surface area contributed by atoms with Crippen LogP contribution in [0.2, 0.25) is 0 Å². The van der Waals surface area contributed by atoms with Crippen LogP contribution >= 0.6 is 0 Å². The van der Waals surface area contributed by atoms with E-state index in [4.69, 9.17) is 9.47 Å². The summed E-state index contributed by atoms with van der Waals surface area (Å²) < 4.78 is 10.5. The average Bonchev–Trinajstić information content (AvgIpc) is 2.62. The van der Waals surface area contributed by atoms with Crippen molar-refractivity contribution < 1.29 is 9.47 Å². The first-order chi connectivity index (χ1) is 11.3. The van der Waals surface area contributed by atoms with Crippen LogP contribution < -0.4 is 14.8 Å². The zero-order chi connectivity index (χ0) is 16.5. The van der Waals surface area contributed by atoms with Gasteiger partial charge in [-0.05, 0) is 54.8 Å². The molecule has 2 aromatic carbocycles. The summed E-state index contributed by atoms with van der Waals surface area (Å²) in [6.45, 7) is 3.25. The smallest absolute Gasteiger partial charge is 0.118 e. The fourth-order valence-corrected chi connectivity index (χ4v) is 2.59. The van der Waals surface area contributed by atoms with E-state index in [1.165, 1.54) is 24.0 Å². The molecule has 0 aliphatic rings. The van der Waals surface area contributed by atoms with E-state index in [1.807, 2.05) is 24.3 Å².